The van der Waals surface area contributed by atoms with Crippen molar-refractivity contribution in [3.8, 4) is 11.3 Å². The van der Waals surface area contributed by atoms with Crippen molar-refractivity contribution in [2.24, 2.45) is 5.92 Å². The van der Waals surface area contributed by atoms with E-state index < -0.39 is 0 Å². The van der Waals surface area contributed by atoms with Gasteiger partial charge >= 0.3 is 0 Å². The topological polar surface area (TPSA) is 63.0 Å². The number of morpholine rings is 1. The molecule has 3 fully saturated rings. The zero-order valence-electron chi connectivity index (χ0n) is 18.3. The van der Waals surface area contributed by atoms with Gasteiger partial charge in [0, 0.05) is 50.2 Å². The SMILES string of the molecule is O=C(Cc1nc2cccc(-c3ccc(CN4CC(N5CCOCC5)C4)cc3)n2n1)C1CC1. The maximum atomic E-state index is 12.2. The third-order valence-corrected chi connectivity index (χ3v) is 6.92. The molecule has 4 heterocycles. The number of Topliss-reactive ketones (excluding diaryl/α,β-unsaturated/α-hetero) is 1. The molecular weight excluding hydrogens is 402 g/mol. The number of hydrogen-bond acceptors (Lipinski definition) is 6. The Morgan fingerprint density at radius 1 is 1.03 bits per heavy atom. The monoisotopic (exact) mass is 431 g/mol. The summed E-state index contributed by atoms with van der Waals surface area (Å²) in [6.07, 6.45) is 2.39. The molecule has 1 aliphatic carbocycles. The highest BCUT2D eigenvalue weighted by molar-refractivity contribution is 5.84. The van der Waals surface area contributed by atoms with Gasteiger partial charge in [-0.2, -0.15) is 5.10 Å². The lowest BCUT2D eigenvalue weighted by Gasteiger charge is -2.46. The Kier molecular flexibility index (Phi) is 5.25. The highest BCUT2D eigenvalue weighted by atomic mass is 16.5. The van der Waals surface area contributed by atoms with Gasteiger partial charge in [0.15, 0.2) is 11.5 Å². The first kappa shape index (κ1) is 20.0. The number of aromatic nitrogens is 3. The number of carbonyl (C=O) groups excluding carboxylic acids is 1. The van der Waals surface area contributed by atoms with Crippen molar-refractivity contribution in [2.45, 2.75) is 31.8 Å². The van der Waals surface area contributed by atoms with Gasteiger partial charge in [-0.3, -0.25) is 14.6 Å². The number of pyridine rings is 1. The van der Waals surface area contributed by atoms with Crippen LogP contribution in [-0.4, -0.2) is 75.6 Å². The minimum atomic E-state index is 0.240. The van der Waals surface area contributed by atoms with Crippen molar-refractivity contribution in [3.63, 3.8) is 0 Å². The molecule has 1 aromatic carbocycles. The average molecular weight is 432 g/mol. The Balaban J connectivity index is 1.12. The van der Waals surface area contributed by atoms with E-state index in [0.717, 1.165) is 75.7 Å². The minimum Gasteiger partial charge on any atom is -0.379 e. The number of hydrogen-bond donors (Lipinski definition) is 0. The summed E-state index contributed by atoms with van der Waals surface area (Å²) in [6, 6.07) is 15.5. The van der Waals surface area contributed by atoms with Crippen LogP contribution in [0.15, 0.2) is 42.5 Å². The van der Waals surface area contributed by atoms with Crippen LogP contribution < -0.4 is 0 Å². The third kappa shape index (κ3) is 4.08. The molecule has 0 radical (unpaired) electrons. The molecule has 3 aromatic rings. The average Bonchev–Trinajstić information content (AvgIpc) is 3.57. The van der Waals surface area contributed by atoms with Crippen LogP contribution in [-0.2, 0) is 22.5 Å². The van der Waals surface area contributed by atoms with E-state index in [9.17, 15) is 4.79 Å². The second-order valence-electron chi connectivity index (χ2n) is 9.32. The lowest BCUT2D eigenvalue weighted by Crippen LogP contribution is -2.60. The van der Waals surface area contributed by atoms with Crippen LogP contribution >= 0.6 is 0 Å². The smallest absolute Gasteiger partial charge is 0.159 e. The summed E-state index contributed by atoms with van der Waals surface area (Å²) in [6.45, 7) is 7.14. The Hall–Kier alpha value is -2.61. The van der Waals surface area contributed by atoms with Crippen molar-refractivity contribution >= 4 is 11.4 Å². The van der Waals surface area contributed by atoms with E-state index in [1.165, 1.54) is 5.56 Å². The highest BCUT2D eigenvalue weighted by Crippen LogP contribution is 2.31. The lowest BCUT2D eigenvalue weighted by atomic mass is 10.0. The van der Waals surface area contributed by atoms with Crippen molar-refractivity contribution in [1.29, 1.82) is 0 Å². The Bertz CT molecular complexity index is 1110. The van der Waals surface area contributed by atoms with Crippen LogP contribution in [0.5, 0.6) is 0 Å². The molecule has 0 atom stereocenters. The first-order valence-electron chi connectivity index (χ1n) is 11.7. The molecule has 0 amide bonds. The van der Waals surface area contributed by atoms with E-state index >= 15 is 0 Å². The lowest BCUT2D eigenvalue weighted by molar-refractivity contribution is -0.119. The predicted molar refractivity (Wildman–Crippen MR) is 121 cm³/mol. The van der Waals surface area contributed by atoms with E-state index in [0.29, 0.717) is 18.3 Å². The summed E-state index contributed by atoms with van der Waals surface area (Å²) < 4.78 is 7.33. The van der Waals surface area contributed by atoms with Gasteiger partial charge in [-0.25, -0.2) is 9.50 Å². The fourth-order valence-electron chi connectivity index (χ4n) is 4.83. The molecule has 0 spiro atoms. The van der Waals surface area contributed by atoms with Crippen LogP contribution in [0.3, 0.4) is 0 Å². The number of carbonyl (C=O) groups is 1. The molecule has 0 unspecified atom stereocenters. The van der Waals surface area contributed by atoms with E-state index in [2.05, 4.69) is 50.2 Å². The number of nitrogens with zero attached hydrogens (tertiary/aromatic N) is 5. The van der Waals surface area contributed by atoms with Crippen LogP contribution in [0.1, 0.15) is 24.2 Å². The molecule has 3 aliphatic rings. The standard InChI is InChI=1S/C25H29N5O2/c31-23(20-8-9-20)14-24-26-25-3-1-2-22(30(25)27-24)19-6-4-18(5-7-19)15-28-16-21(17-28)29-10-12-32-13-11-29/h1-7,20-21H,8-17H2. The van der Waals surface area contributed by atoms with Gasteiger partial charge in [0.1, 0.15) is 5.78 Å². The molecule has 1 saturated carbocycles. The van der Waals surface area contributed by atoms with Crippen molar-refractivity contribution in [3.05, 3.63) is 53.9 Å². The Labute approximate surface area is 188 Å². The van der Waals surface area contributed by atoms with Gasteiger partial charge in [0.2, 0.25) is 0 Å². The van der Waals surface area contributed by atoms with Crippen molar-refractivity contribution < 1.29 is 9.53 Å². The highest BCUT2D eigenvalue weighted by Gasteiger charge is 2.32. The quantitative estimate of drug-likeness (QED) is 0.573. The van der Waals surface area contributed by atoms with Gasteiger partial charge in [-0.1, -0.05) is 30.3 Å². The van der Waals surface area contributed by atoms with Gasteiger partial charge in [0.05, 0.1) is 25.3 Å². The fourth-order valence-corrected chi connectivity index (χ4v) is 4.83. The zero-order chi connectivity index (χ0) is 21.5. The van der Waals surface area contributed by atoms with Crippen LogP contribution in [0.4, 0.5) is 0 Å². The molecule has 2 aliphatic heterocycles. The normalized spacial score (nSPS) is 20.5. The van der Waals surface area contributed by atoms with E-state index in [4.69, 9.17) is 4.74 Å². The minimum absolute atomic E-state index is 0.240. The van der Waals surface area contributed by atoms with Gasteiger partial charge in [-0.05, 0) is 30.5 Å². The number of ether oxygens (including phenoxy) is 1. The first-order valence-corrected chi connectivity index (χ1v) is 11.7. The second kappa shape index (κ2) is 8.39. The molecule has 7 heteroatoms. The summed E-state index contributed by atoms with van der Waals surface area (Å²) >= 11 is 0. The summed E-state index contributed by atoms with van der Waals surface area (Å²) in [4.78, 5) is 21.8. The van der Waals surface area contributed by atoms with E-state index in [1.807, 2.05) is 16.6 Å². The number of likely N-dealkylation sites (tertiary alicyclic amines) is 1. The Morgan fingerprint density at radius 2 is 1.81 bits per heavy atom. The number of fused-ring (bicyclic) bond motifs is 1. The van der Waals surface area contributed by atoms with Crippen molar-refractivity contribution in [2.75, 3.05) is 39.4 Å². The molecule has 2 aromatic heterocycles. The maximum Gasteiger partial charge on any atom is 0.159 e. The molecular formula is C25H29N5O2. The largest absolute Gasteiger partial charge is 0.379 e. The van der Waals surface area contributed by atoms with Gasteiger partial charge < -0.3 is 4.74 Å². The van der Waals surface area contributed by atoms with E-state index in [1.54, 1.807) is 0 Å². The molecule has 6 rings (SSSR count). The Morgan fingerprint density at radius 3 is 2.56 bits per heavy atom. The number of ketones is 1. The van der Waals surface area contributed by atoms with Crippen LogP contribution in [0.2, 0.25) is 0 Å². The van der Waals surface area contributed by atoms with Gasteiger partial charge in [-0.15, -0.1) is 0 Å². The maximum absolute atomic E-state index is 12.2. The third-order valence-electron chi connectivity index (χ3n) is 6.92. The summed E-state index contributed by atoms with van der Waals surface area (Å²) in [5.41, 5.74) is 4.23. The first-order chi connectivity index (χ1) is 15.7. The van der Waals surface area contributed by atoms with Crippen LogP contribution in [0.25, 0.3) is 16.9 Å². The molecule has 166 valence electrons. The summed E-state index contributed by atoms with van der Waals surface area (Å²) in [5.74, 6) is 1.14. The summed E-state index contributed by atoms with van der Waals surface area (Å²) in [5, 5.41) is 4.65. The predicted octanol–water partition coefficient (Wildman–Crippen LogP) is 2.43. The number of rotatable bonds is 7. The zero-order valence-corrected chi connectivity index (χ0v) is 18.3. The second-order valence-corrected chi connectivity index (χ2v) is 9.32. The van der Waals surface area contributed by atoms with Crippen LogP contribution in [0, 0.1) is 5.92 Å². The molecule has 0 N–H and O–H groups in total. The molecule has 7 nitrogen and oxygen atoms in total. The molecule has 32 heavy (non-hydrogen) atoms. The van der Waals surface area contributed by atoms with E-state index in [-0.39, 0.29) is 11.7 Å². The summed E-state index contributed by atoms with van der Waals surface area (Å²) in [7, 11) is 0. The van der Waals surface area contributed by atoms with Crippen molar-refractivity contribution in [1.82, 2.24) is 24.4 Å². The number of benzene rings is 1. The van der Waals surface area contributed by atoms with Gasteiger partial charge in [0.25, 0.3) is 0 Å². The molecule has 0 bridgehead atoms. The molecule has 2 saturated heterocycles. The fraction of sp³-hybridized carbons (Fsp3) is 0.480.